The molecule has 0 bridgehead atoms. The fraction of sp³-hybridized carbons (Fsp3) is 0.538. The first kappa shape index (κ1) is 11.1. The molecule has 0 nitrogen and oxygen atoms in total. The fourth-order valence-corrected chi connectivity index (χ4v) is 3.21. The van der Waals surface area contributed by atoms with E-state index in [1.54, 1.807) is 12.1 Å². The van der Waals surface area contributed by atoms with E-state index in [2.05, 4.69) is 22.0 Å². The van der Waals surface area contributed by atoms with E-state index in [-0.39, 0.29) is 5.82 Å². The van der Waals surface area contributed by atoms with Gasteiger partial charge in [0.1, 0.15) is 5.82 Å². The number of hydrogen-bond donors (Lipinski definition) is 0. The van der Waals surface area contributed by atoms with Crippen LogP contribution in [0.15, 0.2) is 18.2 Å². The number of benzene rings is 1. The standard InChI is InChI=1S/C13H16BrF/c1-9-5-11(8-13(15)6-9)10-3-2-4-12(14)7-10/h5-6,8,10,12H,2-4,7H2,1H3. The van der Waals surface area contributed by atoms with Crippen LogP contribution in [0.2, 0.25) is 0 Å². The monoisotopic (exact) mass is 270 g/mol. The Kier molecular flexibility index (Phi) is 3.45. The van der Waals surface area contributed by atoms with Gasteiger partial charge in [0.05, 0.1) is 0 Å². The highest BCUT2D eigenvalue weighted by atomic mass is 79.9. The summed E-state index contributed by atoms with van der Waals surface area (Å²) in [6, 6.07) is 5.42. The smallest absolute Gasteiger partial charge is 0.123 e. The van der Waals surface area contributed by atoms with Gasteiger partial charge in [0.15, 0.2) is 0 Å². The lowest BCUT2D eigenvalue weighted by atomic mass is 9.83. The molecule has 0 heterocycles. The van der Waals surface area contributed by atoms with Crippen molar-refractivity contribution >= 4 is 15.9 Å². The maximum Gasteiger partial charge on any atom is 0.123 e. The van der Waals surface area contributed by atoms with Crippen molar-refractivity contribution in [2.45, 2.75) is 43.4 Å². The second-order valence-corrected chi connectivity index (χ2v) is 5.82. The summed E-state index contributed by atoms with van der Waals surface area (Å²) in [6.45, 7) is 1.96. The van der Waals surface area contributed by atoms with Gasteiger partial charge in [-0.1, -0.05) is 28.4 Å². The summed E-state index contributed by atoms with van der Waals surface area (Å²) < 4.78 is 13.3. The molecule has 0 spiro atoms. The topological polar surface area (TPSA) is 0 Å². The largest absolute Gasteiger partial charge is 0.207 e. The van der Waals surface area contributed by atoms with Gasteiger partial charge in [-0.3, -0.25) is 0 Å². The van der Waals surface area contributed by atoms with Crippen LogP contribution in [-0.4, -0.2) is 4.83 Å². The third-order valence-electron chi connectivity index (χ3n) is 3.15. The van der Waals surface area contributed by atoms with Crippen LogP contribution in [0.1, 0.15) is 42.7 Å². The SMILES string of the molecule is Cc1cc(F)cc(C2CCCC(Br)C2)c1. The van der Waals surface area contributed by atoms with Gasteiger partial charge in [0.25, 0.3) is 0 Å². The van der Waals surface area contributed by atoms with Gasteiger partial charge in [0.2, 0.25) is 0 Å². The lowest BCUT2D eigenvalue weighted by Crippen LogP contribution is -2.13. The van der Waals surface area contributed by atoms with Crippen LogP contribution in [0, 0.1) is 12.7 Å². The Morgan fingerprint density at radius 3 is 2.73 bits per heavy atom. The van der Waals surface area contributed by atoms with Gasteiger partial charge in [-0.2, -0.15) is 0 Å². The minimum atomic E-state index is -0.0957. The van der Waals surface area contributed by atoms with Gasteiger partial charge in [0, 0.05) is 4.83 Å². The van der Waals surface area contributed by atoms with Gasteiger partial charge in [-0.15, -0.1) is 0 Å². The van der Waals surface area contributed by atoms with E-state index < -0.39 is 0 Å². The number of halogens is 2. The molecule has 1 aliphatic rings. The third kappa shape index (κ3) is 2.81. The quantitative estimate of drug-likeness (QED) is 0.657. The molecule has 1 saturated carbocycles. The molecule has 0 amide bonds. The van der Waals surface area contributed by atoms with E-state index in [9.17, 15) is 4.39 Å². The van der Waals surface area contributed by atoms with Crippen LogP contribution in [-0.2, 0) is 0 Å². The molecule has 0 aliphatic heterocycles. The Hall–Kier alpha value is -0.370. The van der Waals surface area contributed by atoms with Gasteiger partial charge >= 0.3 is 0 Å². The molecular weight excluding hydrogens is 255 g/mol. The Morgan fingerprint density at radius 1 is 1.27 bits per heavy atom. The molecule has 0 aromatic heterocycles. The van der Waals surface area contributed by atoms with E-state index >= 15 is 0 Å². The molecule has 2 rings (SSSR count). The lowest BCUT2D eigenvalue weighted by molar-refractivity contribution is 0.456. The van der Waals surface area contributed by atoms with E-state index in [0.29, 0.717) is 10.7 Å². The van der Waals surface area contributed by atoms with Crippen molar-refractivity contribution < 1.29 is 4.39 Å². The van der Waals surface area contributed by atoms with E-state index in [1.165, 1.54) is 24.8 Å². The Bertz CT molecular complexity index is 328. The highest BCUT2D eigenvalue weighted by Crippen LogP contribution is 2.36. The van der Waals surface area contributed by atoms with Crippen LogP contribution in [0.25, 0.3) is 0 Å². The number of alkyl halides is 1. The zero-order valence-corrected chi connectivity index (χ0v) is 10.6. The normalized spacial score (nSPS) is 26.6. The molecule has 1 aliphatic carbocycles. The summed E-state index contributed by atoms with van der Waals surface area (Å²) in [6.07, 6.45) is 4.84. The maximum absolute atomic E-state index is 13.3. The molecule has 0 N–H and O–H groups in total. The molecular formula is C13H16BrF. The average molecular weight is 271 g/mol. The zero-order chi connectivity index (χ0) is 10.8. The van der Waals surface area contributed by atoms with Crippen LogP contribution >= 0.6 is 15.9 Å². The highest BCUT2D eigenvalue weighted by molar-refractivity contribution is 9.09. The fourth-order valence-electron chi connectivity index (χ4n) is 2.43. The summed E-state index contributed by atoms with van der Waals surface area (Å²) in [5.41, 5.74) is 2.21. The first-order valence-corrected chi connectivity index (χ1v) is 6.48. The minimum absolute atomic E-state index is 0.0957. The molecule has 1 aromatic rings. The first-order valence-electron chi connectivity index (χ1n) is 5.56. The number of aryl methyl sites for hydroxylation is 1. The summed E-state index contributed by atoms with van der Waals surface area (Å²) in [7, 11) is 0. The summed E-state index contributed by atoms with van der Waals surface area (Å²) >= 11 is 3.67. The van der Waals surface area contributed by atoms with E-state index in [0.717, 1.165) is 12.0 Å². The van der Waals surface area contributed by atoms with Crippen LogP contribution < -0.4 is 0 Å². The average Bonchev–Trinajstić information content (AvgIpc) is 2.16. The van der Waals surface area contributed by atoms with Crippen LogP contribution in [0.5, 0.6) is 0 Å². The molecule has 2 atom stereocenters. The predicted octanol–water partition coefficient (Wildman–Crippen LogP) is 4.56. The Balaban J connectivity index is 2.20. The summed E-state index contributed by atoms with van der Waals surface area (Å²) in [5.74, 6) is 0.444. The highest BCUT2D eigenvalue weighted by Gasteiger charge is 2.21. The van der Waals surface area contributed by atoms with Crippen LogP contribution in [0.4, 0.5) is 4.39 Å². The predicted molar refractivity (Wildman–Crippen MR) is 65.1 cm³/mol. The van der Waals surface area contributed by atoms with Crippen molar-refractivity contribution in [3.8, 4) is 0 Å². The van der Waals surface area contributed by atoms with Gasteiger partial charge in [-0.25, -0.2) is 4.39 Å². The van der Waals surface area contributed by atoms with Gasteiger partial charge in [-0.05, 0) is 55.4 Å². The molecule has 2 unspecified atom stereocenters. The van der Waals surface area contributed by atoms with Crippen molar-refractivity contribution in [3.63, 3.8) is 0 Å². The second kappa shape index (κ2) is 4.65. The maximum atomic E-state index is 13.3. The Labute approximate surface area is 99.0 Å². The third-order valence-corrected chi connectivity index (χ3v) is 3.98. The van der Waals surface area contributed by atoms with Crippen LogP contribution in [0.3, 0.4) is 0 Å². The van der Waals surface area contributed by atoms with Gasteiger partial charge < -0.3 is 0 Å². The molecule has 15 heavy (non-hydrogen) atoms. The summed E-state index contributed by atoms with van der Waals surface area (Å²) in [4.78, 5) is 0.611. The number of hydrogen-bond acceptors (Lipinski definition) is 0. The molecule has 0 saturated heterocycles. The molecule has 0 radical (unpaired) electrons. The van der Waals surface area contributed by atoms with Crippen molar-refractivity contribution in [2.75, 3.05) is 0 Å². The van der Waals surface area contributed by atoms with E-state index in [4.69, 9.17) is 0 Å². The van der Waals surface area contributed by atoms with Crippen molar-refractivity contribution in [1.82, 2.24) is 0 Å². The lowest BCUT2D eigenvalue weighted by Gasteiger charge is -2.26. The van der Waals surface area contributed by atoms with Crippen molar-refractivity contribution in [1.29, 1.82) is 0 Å². The van der Waals surface area contributed by atoms with Crippen molar-refractivity contribution in [3.05, 3.63) is 35.1 Å². The molecule has 1 aromatic carbocycles. The summed E-state index contributed by atoms with van der Waals surface area (Å²) in [5, 5.41) is 0. The zero-order valence-electron chi connectivity index (χ0n) is 8.97. The van der Waals surface area contributed by atoms with Crippen molar-refractivity contribution in [2.24, 2.45) is 0 Å². The minimum Gasteiger partial charge on any atom is -0.207 e. The molecule has 2 heteroatoms. The number of rotatable bonds is 1. The first-order chi connectivity index (χ1) is 7.15. The second-order valence-electron chi connectivity index (χ2n) is 4.52. The van der Waals surface area contributed by atoms with E-state index in [1.807, 2.05) is 6.92 Å². The molecule has 82 valence electrons. The Morgan fingerprint density at radius 2 is 2.07 bits per heavy atom. The molecule has 1 fully saturated rings.